The van der Waals surface area contributed by atoms with E-state index in [9.17, 15) is 13.5 Å². The fourth-order valence-corrected chi connectivity index (χ4v) is 5.13. The summed E-state index contributed by atoms with van der Waals surface area (Å²) in [5, 5.41) is 19.8. The lowest BCUT2D eigenvalue weighted by atomic mass is 10.2. The maximum atomic E-state index is 12.9. The number of aliphatic hydroxyl groups excluding tert-OH is 1. The number of phenols is 1. The van der Waals surface area contributed by atoms with Gasteiger partial charge in [0.05, 0.1) is 30.2 Å². The minimum absolute atomic E-state index is 0.0500. The van der Waals surface area contributed by atoms with E-state index in [2.05, 4.69) is 9.97 Å². The predicted octanol–water partition coefficient (Wildman–Crippen LogP) is 1.23. The number of anilines is 1. The molecule has 1 aliphatic heterocycles. The van der Waals surface area contributed by atoms with Gasteiger partial charge in [0.15, 0.2) is 11.5 Å². The minimum Gasteiger partial charge on any atom is -0.504 e. The van der Waals surface area contributed by atoms with Gasteiger partial charge in [0.2, 0.25) is 10.0 Å². The SMILES string of the molecule is O=S(=O)(c1ccccc1)N1CCN(c2ncnc3cc(OCCOCCO)c(O)cc23)CC1. The second-order valence-electron chi connectivity index (χ2n) is 7.42. The lowest BCUT2D eigenvalue weighted by molar-refractivity contribution is 0.0699. The number of aromatic hydroxyl groups is 1. The molecule has 2 N–H and O–H groups in total. The topological polar surface area (TPSA) is 125 Å². The van der Waals surface area contributed by atoms with E-state index >= 15 is 0 Å². The molecule has 0 spiro atoms. The van der Waals surface area contributed by atoms with E-state index in [1.54, 1.807) is 42.5 Å². The van der Waals surface area contributed by atoms with Gasteiger partial charge in [-0.2, -0.15) is 4.31 Å². The lowest BCUT2D eigenvalue weighted by Crippen LogP contribution is -2.49. The van der Waals surface area contributed by atoms with Gasteiger partial charge in [-0.15, -0.1) is 0 Å². The molecule has 2 heterocycles. The highest BCUT2D eigenvalue weighted by atomic mass is 32.2. The summed E-state index contributed by atoms with van der Waals surface area (Å²) in [7, 11) is -3.54. The minimum atomic E-state index is -3.54. The summed E-state index contributed by atoms with van der Waals surface area (Å²) < 4.78 is 38.0. The van der Waals surface area contributed by atoms with Crippen molar-refractivity contribution in [2.45, 2.75) is 4.90 Å². The van der Waals surface area contributed by atoms with Gasteiger partial charge < -0.3 is 24.6 Å². The standard InChI is InChI=1S/C22H26N4O6S/c27-10-11-31-12-13-32-21-15-19-18(14-20(21)28)22(24-16-23-19)25-6-8-26(9-7-25)33(29,30)17-4-2-1-3-5-17/h1-5,14-16,27-28H,6-13H2. The summed E-state index contributed by atoms with van der Waals surface area (Å²) in [5.41, 5.74) is 0.600. The molecule has 0 radical (unpaired) electrons. The summed E-state index contributed by atoms with van der Waals surface area (Å²) in [6, 6.07) is 11.6. The molecule has 2 aromatic carbocycles. The van der Waals surface area contributed by atoms with Gasteiger partial charge in [-0.25, -0.2) is 18.4 Å². The third kappa shape index (κ3) is 5.17. The molecule has 10 nitrogen and oxygen atoms in total. The van der Waals surface area contributed by atoms with Crippen molar-refractivity contribution in [2.24, 2.45) is 0 Å². The van der Waals surface area contributed by atoms with Gasteiger partial charge in [0.25, 0.3) is 0 Å². The van der Waals surface area contributed by atoms with E-state index in [4.69, 9.17) is 14.6 Å². The Kier molecular flexibility index (Phi) is 7.23. The molecule has 4 rings (SSSR count). The molecule has 0 unspecified atom stereocenters. The summed E-state index contributed by atoms with van der Waals surface area (Å²) in [6.07, 6.45) is 1.44. The van der Waals surface area contributed by atoms with Crippen LogP contribution in [0.3, 0.4) is 0 Å². The summed E-state index contributed by atoms with van der Waals surface area (Å²) in [6.45, 7) is 2.22. The monoisotopic (exact) mass is 474 g/mol. The van der Waals surface area contributed by atoms with E-state index in [-0.39, 0.29) is 42.8 Å². The first-order chi connectivity index (χ1) is 16.0. The second-order valence-corrected chi connectivity index (χ2v) is 9.36. The van der Waals surface area contributed by atoms with Crippen molar-refractivity contribution in [3.63, 3.8) is 0 Å². The first-order valence-electron chi connectivity index (χ1n) is 10.6. The largest absolute Gasteiger partial charge is 0.504 e. The molecule has 1 saturated heterocycles. The number of piperazine rings is 1. The van der Waals surface area contributed by atoms with Crippen molar-refractivity contribution in [3.8, 4) is 11.5 Å². The second kappa shape index (κ2) is 10.3. The fourth-order valence-electron chi connectivity index (χ4n) is 3.69. The molecule has 1 aromatic heterocycles. The average molecular weight is 475 g/mol. The number of sulfonamides is 1. The van der Waals surface area contributed by atoms with Gasteiger partial charge >= 0.3 is 0 Å². The van der Waals surface area contributed by atoms with E-state index in [0.717, 1.165) is 0 Å². The smallest absolute Gasteiger partial charge is 0.243 e. The van der Waals surface area contributed by atoms with Crippen molar-refractivity contribution in [1.29, 1.82) is 0 Å². The van der Waals surface area contributed by atoms with Crippen LogP contribution in [-0.4, -0.2) is 85.5 Å². The zero-order valence-corrected chi connectivity index (χ0v) is 18.8. The molecule has 0 amide bonds. The first-order valence-corrected chi connectivity index (χ1v) is 12.0. The van der Waals surface area contributed by atoms with Crippen molar-refractivity contribution in [2.75, 3.05) is 57.5 Å². The van der Waals surface area contributed by atoms with Crippen molar-refractivity contribution >= 4 is 26.7 Å². The fraction of sp³-hybridized carbons (Fsp3) is 0.364. The third-order valence-electron chi connectivity index (χ3n) is 5.34. The molecule has 1 aliphatic rings. The number of aromatic nitrogens is 2. The Morgan fingerprint density at radius 2 is 1.73 bits per heavy atom. The number of rotatable bonds is 9. The van der Waals surface area contributed by atoms with Crippen molar-refractivity contribution < 1.29 is 28.1 Å². The van der Waals surface area contributed by atoms with Crippen LogP contribution in [0.4, 0.5) is 5.82 Å². The van der Waals surface area contributed by atoms with Crippen LogP contribution < -0.4 is 9.64 Å². The number of hydrogen-bond acceptors (Lipinski definition) is 9. The summed E-state index contributed by atoms with van der Waals surface area (Å²) in [5.74, 6) is 0.856. The normalized spacial score (nSPS) is 15.1. The van der Waals surface area contributed by atoms with Crippen molar-refractivity contribution in [3.05, 3.63) is 48.8 Å². The van der Waals surface area contributed by atoms with E-state index in [0.29, 0.717) is 42.9 Å². The number of aliphatic hydroxyl groups is 1. The molecule has 33 heavy (non-hydrogen) atoms. The average Bonchev–Trinajstić information content (AvgIpc) is 2.84. The highest BCUT2D eigenvalue weighted by Gasteiger charge is 2.29. The van der Waals surface area contributed by atoms with Crippen LogP contribution in [0.1, 0.15) is 0 Å². The zero-order valence-electron chi connectivity index (χ0n) is 18.0. The van der Waals surface area contributed by atoms with Crippen LogP contribution in [0.2, 0.25) is 0 Å². The number of phenolic OH excluding ortho intramolecular Hbond substituents is 1. The molecule has 0 bridgehead atoms. The third-order valence-corrected chi connectivity index (χ3v) is 7.25. The Morgan fingerprint density at radius 3 is 2.45 bits per heavy atom. The van der Waals surface area contributed by atoms with Gasteiger partial charge in [0, 0.05) is 37.6 Å². The van der Waals surface area contributed by atoms with Crippen LogP contribution in [0.25, 0.3) is 10.9 Å². The molecule has 0 atom stereocenters. The first kappa shape index (κ1) is 23.2. The highest BCUT2D eigenvalue weighted by molar-refractivity contribution is 7.89. The van der Waals surface area contributed by atoms with Crippen LogP contribution in [0.5, 0.6) is 11.5 Å². The number of benzene rings is 2. The summed E-state index contributed by atoms with van der Waals surface area (Å²) >= 11 is 0. The quantitative estimate of drug-likeness (QED) is 0.441. The Balaban J connectivity index is 1.47. The molecule has 3 aromatic rings. The Labute approximate surface area is 192 Å². The summed E-state index contributed by atoms with van der Waals surface area (Å²) in [4.78, 5) is 11.0. The maximum Gasteiger partial charge on any atom is 0.243 e. The number of ether oxygens (including phenoxy) is 2. The highest BCUT2D eigenvalue weighted by Crippen LogP contribution is 2.34. The number of hydrogen-bond donors (Lipinski definition) is 2. The molecule has 11 heteroatoms. The molecular weight excluding hydrogens is 448 g/mol. The molecule has 176 valence electrons. The Hall–Kier alpha value is -2.99. The predicted molar refractivity (Wildman–Crippen MR) is 122 cm³/mol. The van der Waals surface area contributed by atoms with E-state index in [1.165, 1.54) is 10.6 Å². The van der Waals surface area contributed by atoms with Crippen LogP contribution in [-0.2, 0) is 14.8 Å². The molecule has 1 fully saturated rings. The molecule has 0 aliphatic carbocycles. The Bertz CT molecular complexity index is 1180. The zero-order chi connectivity index (χ0) is 23.3. The Morgan fingerprint density at radius 1 is 0.970 bits per heavy atom. The van der Waals surface area contributed by atoms with Gasteiger partial charge in [-0.1, -0.05) is 18.2 Å². The van der Waals surface area contributed by atoms with Gasteiger partial charge in [-0.05, 0) is 18.2 Å². The molecular formula is C22H26N4O6S. The molecule has 0 saturated carbocycles. The number of fused-ring (bicyclic) bond motifs is 1. The van der Waals surface area contributed by atoms with Crippen LogP contribution >= 0.6 is 0 Å². The van der Waals surface area contributed by atoms with Crippen LogP contribution in [0.15, 0.2) is 53.7 Å². The van der Waals surface area contributed by atoms with E-state index < -0.39 is 10.0 Å². The van der Waals surface area contributed by atoms with Crippen LogP contribution in [0, 0.1) is 0 Å². The maximum absolute atomic E-state index is 12.9. The van der Waals surface area contributed by atoms with Gasteiger partial charge in [0.1, 0.15) is 18.8 Å². The van der Waals surface area contributed by atoms with Gasteiger partial charge in [-0.3, -0.25) is 0 Å². The van der Waals surface area contributed by atoms with Crippen molar-refractivity contribution in [1.82, 2.24) is 14.3 Å². The lowest BCUT2D eigenvalue weighted by Gasteiger charge is -2.35. The van der Waals surface area contributed by atoms with E-state index in [1.807, 2.05) is 4.90 Å². The number of nitrogens with zero attached hydrogens (tertiary/aromatic N) is 4.